The van der Waals surface area contributed by atoms with Crippen molar-refractivity contribution in [2.45, 2.75) is 44.4 Å². The molecule has 38 heavy (non-hydrogen) atoms. The number of nitrogens with one attached hydrogen (secondary N) is 1. The van der Waals surface area contributed by atoms with Gasteiger partial charge in [-0.25, -0.2) is 14.6 Å². The van der Waals surface area contributed by atoms with Gasteiger partial charge in [0.05, 0.1) is 69.7 Å². The Morgan fingerprint density at radius 2 is 1.71 bits per heavy atom. The maximum absolute atomic E-state index is 8.68. The molecule has 2 heterocycles. The summed E-state index contributed by atoms with van der Waals surface area (Å²) >= 11 is 0. The minimum Gasteiger partial charge on any atom is -0.394 e. The van der Waals surface area contributed by atoms with Crippen LogP contribution in [0.1, 0.15) is 31.2 Å². The fourth-order valence-corrected chi connectivity index (χ4v) is 4.70. The summed E-state index contributed by atoms with van der Waals surface area (Å²) in [4.78, 5) is 11.4. The van der Waals surface area contributed by atoms with Gasteiger partial charge in [0.2, 0.25) is 5.95 Å². The van der Waals surface area contributed by atoms with Gasteiger partial charge in [0.25, 0.3) is 0 Å². The Labute approximate surface area is 225 Å². The number of aliphatic hydroxyl groups excluding tert-OH is 1. The van der Waals surface area contributed by atoms with Gasteiger partial charge in [0.1, 0.15) is 5.82 Å². The van der Waals surface area contributed by atoms with Crippen LogP contribution in [-0.2, 0) is 20.8 Å². The molecule has 1 fully saturated rings. The molecule has 0 bridgehead atoms. The first-order chi connectivity index (χ1) is 18.6. The Morgan fingerprint density at radius 1 is 0.974 bits per heavy atom. The molecule has 3 aromatic rings. The average Bonchev–Trinajstić information content (AvgIpc) is 3.36. The molecule has 10 heteroatoms. The van der Waals surface area contributed by atoms with Crippen molar-refractivity contribution in [3.8, 4) is 11.3 Å². The Morgan fingerprint density at radius 3 is 2.45 bits per heavy atom. The Bertz CT molecular complexity index is 1090. The van der Waals surface area contributed by atoms with Crippen molar-refractivity contribution in [1.29, 1.82) is 0 Å². The van der Waals surface area contributed by atoms with E-state index in [2.05, 4.69) is 32.4 Å². The third kappa shape index (κ3) is 8.22. The number of hydrogen-bond donors (Lipinski definition) is 2. The Balaban J connectivity index is 1.27. The van der Waals surface area contributed by atoms with Crippen LogP contribution in [0.2, 0.25) is 0 Å². The molecule has 10 nitrogen and oxygen atoms in total. The summed E-state index contributed by atoms with van der Waals surface area (Å²) in [5.74, 6) is 1.65. The van der Waals surface area contributed by atoms with E-state index in [-0.39, 0.29) is 12.7 Å². The maximum Gasteiger partial charge on any atom is 0.223 e. The molecule has 0 saturated heterocycles. The number of rotatable bonds is 15. The minimum atomic E-state index is 0.0381. The zero-order valence-corrected chi connectivity index (χ0v) is 22.5. The molecule has 0 atom stereocenters. The second kappa shape index (κ2) is 14.8. The second-order valence-corrected chi connectivity index (χ2v) is 9.62. The smallest absolute Gasteiger partial charge is 0.223 e. The Hall–Kier alpha value is -3.05. The zero-order valence-electron chi connectivity index (χ0n) is 22.5. The minimum absolute atomic E-state index is 0.0381. The largest absolute Gasteiger partial charge is 0.394 e. The van der Waals surface area contributed by atoms with Gasteiger partial charge < -0.3 is 29.5 Å². The molecule has 4 rings (SSSR count). The maximum atomic E-state index is 8.68. The van der Waals surface area contributed by atoms with Crippen LogP contribution in [0.25, 0.3) is 11.3 Å². The topological polar surface area (TPSA) is 107 Å². The summed E-state index contributed by atoms with van der Waals surface area (Å²) in [6.07, 6.45) is 7.95. The first-order valence-electron chi connectivity index (χ1n) is 13.4. The van der Waals surface area contributed by atoms with Gasteiger partial charge in [0, 0.05) is 26.3 Å². The molecule has 1 aliphatic rings. The van der Waals surface area contributed by atoms with Crippen LogP contribution in [0.15, 0.2) is 48.8 Å². The fraction of sp³-hybridized carbons (Fsp3) is 0.536. The lowest BCUT2D eigenvalue weighted by molar-refractivity contribution is -0.0248. The van der Waals surface area contributed by atoms with Gasteiger partial charge in [0.15, 0.2) is 0 Å². The predicted octanol–water partition coefficient (Wildman–Crippen LogP) is 3.22. The lowest BCUT2D eigenvalue weighted by Crippen LogP contribution is -2.31. The first kappa shape index (κ1) is 28.0. The van der Waals surface area contributed by atoms with Gasteiger partial charge in [-0.1, -0.05) is 30.3 Å². The highest BCUT2D eigenvalue weighted by atomic mass is 16.5. The quantitative estimate of drug-likeness (QED) is 0.290. The lowest BCUT2D eigenvalue weighted by Gasteiger charge is -2.29. The van der Waals surface area contributed by atoms with Crippen LogP contribution >= 0.6 is 0 Å². The average molecular weight is 525 g/mol. The van der Waals surface area contributed by atoms with Gasteiger partial charge >= 0.3 is 0 Å². The van der Waals surface area contributed by atoms with E-state index in [9.17, 15) is 0 Å². The van der Waals surface area contributed by atoms with Gasteiger partial charge in [-0.2, -0.15) is 5.10 Å². The van der Waals surface area contributed by atoms with E-state index >= 15 is 0 Å². The van der Waals surface area contributed by atoms with Crippen molar-refractivity contribution in [3.05, 3.63) is 54.4 Å². The molecule has 1 saturated carbocycles. The van der Waals surface area contributed by atoms with Crippen LogP contribution < -0.4 is 10.2 Å². The van der Waals surface area contributed by atoms with Crippen molar-refractivity contribution in [3.63, 3.8) is 0 Å². The zero-order chi connectivity index (χ0) is 26.6. The van der Waals surface area contributed by atoms with E-state index in [1.54, 1.807) is 0 Å². The number of anilines is 2. The van der Waals surface area contributed by atoms with Gasteiger partial charge in [-0.05, 0) is 37.3 Å². The van der Waals surface area contributed by atoms with Gasteiger partial charge in [-0.15, -0.1) is 0 Å². The number of aliphatic hydroxyl groups is 1. The second-order valence-electron chi connectivity index (χ2n) is 9.62. The third-order valence-corrected chi connectivity index (χ3v) is 6.54. The molecule has 206 valence electrons. The molecule has 0 radical (unpaired) electrons. The number of aromatic nitrogens is 4. The fourth-order valence-electron chi connectivity index (χ4n) is 4.70. The highest BCUT2D eigenvalue weighted by Crippen LogP contribution is 2.30. The summed E-state index contributed by atoms with van der Waals surface area (Å²) in [6, 6.07) is 12.6. The van der Waals surface area contributed by atoms with Crippen molar-refractivity contribution < 1.29 is 19.3 Å². The molecular weight excluding hydrogens is 484 g/mol. The number of hydrogen-bond acceptors (Lipinski definition) is 9. The third-order valence-electron chi connectivity index (χ3n) is 6.54. The van der Waals surface area contributed by atoms with Crippen molar-refractivity contribution in [1.82, 2.24) is 19.7 Å². The summed E-state index contributed by atoms with van der Waals surface area (Å²) in [5.41, 5.74) is 3.03. The molecule has 0 aliphatic heterocycles. The number of nitrogens with zero attached hydrogens (tertiary/aromatic N) is 5. The summed E-state index contributed by atoms with van der Waals surface area (Å²) in [6.45, 7) is 3.23. The summed E-state index contributed by atoms with van der Waals surface area (Å²) in [5, 5.41) is 16.9. The van der Waals surface area contributed by atoms with E-state index < -0.39 is 0 Å². The predicted molar refractivity (Wildman–Crippen MR) is 147 cm³/mol. The van der Waals surface area contributed by atoms with Crippen LogP contribution in [0, 0.1) is 0 Å². The van der Waals surface area contributed by atoms with E-state index in [4.69, 9.17) is 24.3 Å². The molecule has 1 aliphatic carbocycles. The molecule has 2 N–H and O–H groups in total. The van der Waals surface area contributed by atoms with Crippen molar-refractivity contribution in [2.24, 2.45) is 0 Å². The monoisotopic (exact) mass is 524 g/mol. The highest BCUT2D eigenvalue weighted by molar-refractivity contribution is 5.73. The van der Waals surface area contributed by atoms with E-state index in [1.165, 1.54) is 5.56 Å². The normalized spacial score (nSPS) is 17.4. The number of benzene rings is 1. The molecule has 0 amide bonds. The van der Waals surface area contributed by atoms with E-state index in [1.807, 2.05) is 55.4 Å². The lowest BCUT2D eigenvalue weighted by atomic mass is 9.93. The van der Waals surface area contributed by atoms with Crippen molar-refractivity contribution >= 4 is 11.8 Å². The standard InChI is InChI=1S/C28H40N6O4/c1-33(2)27-25(20-30-34(27)21-22-6-4-3-5-7-22)26-12-13-29-28(32-26)31-23-8-10-24(11-9-23)38-19-18-37-17-16-36-15-14-35/h3-7,12-13,20,23-24,35H,8-11,14-19,21H2,1-2H3,(H,29,31,32)/t23-,24-. The molecule has 0 spiro atoms. The Kier molecular flexibility index (Phi) is 10.9. The van der Waals surface area contributed by atoms with Gasteiger partial charge in [-0.3, -0.25) is 0 Å². The number of ether oxygens (including phenoxy) is 3. The highest BCUT2D eigenvalue weighted by Gasteiger charge is 2.23. The first-order valence-corrected chi connectivity index (χ1v) is 13.4. The van der Waals surface area contributed by atoms with Crippen molar-refractivity contribution in [2.75, 3.05) is 64.0 Å². The molecular formula is C28H40N6O4. The van der Waals surface area contributed by atoms with Crippen LogP contribution in [0.5, 0.6) is 0 Å². The van der Waals surface area contributed by atoms with Crippen LogP contribution in [0.3, 0.4) is 0 Å². The molecule has 1 aromatic carbocycles. The van der Waals surface area contributed by atoms with Crippen LogP contribution in [0.4, 0.5) is 11.8 Å². The van der Waals surface area contributed by atoms with Crippen LogP contribution in [-0.4, -0.2) is 90.7 Å². The SMILES string of the molecule is CN(C)c1c(-c2ccnc(N[C@H]3CC[C@H](OCCOCCOCCO)CC3)n2)cnn1Cc1ccccc1. The summed E-state index contributed by atoms with van der Waals surface area (Å²) in [7, 11) is 4.06. The molecule has 2 aromatic heterocycles. The molecule has 0 unspecified atom stereocenters. The van der Waals surface area contributed by atoms with E-state index in [0.29, 0.717) is 51.6 Å². The summed E-state index contributed by atoms with van der Waals surface area (Å²) < 4.78 is 18.7. The van der Waals surface area contributed by atoms with E-state index in [0.717, 1.165) is 42.8 Å².